The molecule has 1 atom stereocenters. The van der Waals surface area contributed by atoms with E-state index >= 15 is 0 Å². The standard InChI is InChI=1S/C18H28N4O3/c1-12(2)11-25-18(24)21-16-9-13(6-7-15(16)19)17(23)20-14-5-4-8-22(3)10-14/h6-7,9,12,14H,4-5,8,10-11,19H2,1-3H3,(H,20,23)(H,21,24). The summed E-state index contributed by atoms with van der Waals surface area (Å²) in [5, 5.41) is 5.64. The first kappa shape index (κ1) is 19.1. The van der Waals surface area contributed by atoms with E-state index in [4.69, 9.17) is 10.5 Å². The Bertz CT molecular complexity index is 618. The van der Waals surface area contributed by atoms with Crippen LogP contribution in [0.1, 0.15) is 37.0 Å². The molecule has 138 valence electrons. The zero-order valence-corrected chi connectivity index (χ0v) is 15.2. The van der Waals surface area contributed by atoms with Gasteiger partial charge in [-0.05, 0) is 50.6 Å². The highest BCUT2D eigenvalue weighted by Crippen LogP contribution is 2.21. The molecule has 7 heteroatoms. The number of likely N-dealkylation sites (N-methyl/N-ethyl adjacent to an activating group) is 1. The topological polar surface area (TPSA) is 96.7 Å². The fraction of sp³-hybridized carbons (Fsp3) is 0.556. The first-order valence-corrected chi connectivity index (χ1v) is 8.68. The van der Waals surface area contributed by atoms with E-state index in [0.717, 1.165) is 25.9 Å². The number of amides is 2. The molecular weight excluding hydrogens is 320 g/mol. The number of carbonyl (C=O) groups is 2. The molecule has 1 heterocycles. The maximum atomic E-state index is 12.5. The highest BCUT2D eigenvalue weighted by Gasteiger charge is 2.20. The van der Waals surface area contributed by atoms with Gasteiger partial charge < -0.3 is 20.7 Å². The lowest BCUT2D eigenvalue weighted by Gasteiger charge is -2.30. The van der Waals surface area contributed by atoms with Crippen LogP contribution in [0.15, 0.2) is 18.2 Å². The van der Waals surface area contributed by atoms with Crippen LogP contribution in [0.3, 0.4) is 0 Å². The van der Waals surface area contributed by atoms with Crippen LogP contribution in [-0.4, -0.2) is 49.7 Å². The number of piperidine rings is 1. The van der Waals surface area contributed by atoms with Crippen molar-refractivity contribution in [1.29, 1.82) is 0 Å². The molecular formula is C18H28N4O3. The number of likely N-dealkylation sites (tertiary alicyclic amines) is 1. The van der Waals surface area contributed by atoms with Gasteiger partial charge in [-0.15, -0.1) is 0 Å². The second-order valence-corrected chi connectivity index (χ2v) is 6.99. The third-order valence-electron chi connectivity index (χ3n) is 4.06. The van der Waals surface area contributed by atoms with E-state index in [9.17, 15) is 9.59 Å². The molecule has 7 nitrogen and oxygen atoms in total. The van der Waals surface area contributed by atoms with Crippen LogP contribution in [0.25, 0.3) is 0 Å². The van der Waals surface area contributed by atoms with Crippen LogP contribution in [0.4, 0.5) is 16.2 Å². The average Bonchev–Trinajstić information content (AvgIpc) is 2.55. The van der Waals surface area contributed by atoms with Gasteiger partial charge in [0.15, 0.2) is 0 Å². The molecule has 0 bridgehead atoms. The van der Waals surface area contributed by atoms with Crippen molar-refractivity contribution in [2.45, 2.75) is 32.7 Å². The number of hydrogen-bond acceptors (Lipinski definition) is 5. The molecule has 0 aliphatic carbocycles. The van der Waals surface area contributed by atoms with Crippen LogP contribution in [-0.2, 0) is 4.74 Å². The van der Waals surface area contributed by atoms with Crippen LogP contribution in [0.5, 0.6) is 0 Å². The Morgan fingerprint density at radius 1 is 1.40 bits per heavy atom. The minimum atomic E-state index is -0.577. The van der Waals surface area contributed by atoms with Crippen molar-refractivity contribution in [1.82, 2.24) is 10.2 Å². The number of nitrogen functional groups attached to an aromatic ring is 1. The van der Waals surface area contributed by atoms with Crippen molar-refractivity contribution in [3.05, 3.63) is 23.8 Å². The first-order chi connectivity index (χ1) is 11.8. The summed E-state index contributed by atoms with van der Waals surface area (Å²) in [6.07, 6.45) is 1.46. The highest BCUT2D eigenvalue weighted by molar-refractivity contribution is 5.98. The van der Waals surface area contributed by atoms with Crippen molar-refractivity contribution in [3.8, 4) is 0 Å². The van der Waals surface area contributed by atoms with Gasteiger partial charge in [-0.2, -0.15) is 0 Å². The quantitative estimate of drug-likeness (QED) is 0.710. The van der Waals surface area contributed by atoms with Gasteiger partial charge in [-0.3, -0.25) is 10.1 Å². The van der Waals surface area contributed by atoms with Gasteiger partial charge in [0.2, 0.25) is 0 Å². The maximum Gasteiger partial charge on any atom is 0.411 e. The minimum Gasteiger partial charge on any atom is -0.449 e. The summed E-state index contributed by atoms with van der Waals surface area (Å²) in [4.78, 5) is 26.5. The summed E-state index contributed by atoms with van der Waals surface area (Å²) >= 11 is 0. The monoisotopic (exact) mass is 348 g/mol. The molecule has 0 radical (unpaired) electrons. The Balaban J connectivity index is 1.99. The molecule has 1 aromatic carbocycles. The first-order valence-electron chi connectivity index (χ1n) is 8.68. The number of ether oxygens (including phenoxy) is 1. The van der Waals surface area contributed by atoms with Gasteiger partial charge >= 0.3 is 6.09 Å². The third kappa shape index (κ3) is 5.94. The van der Waals surface area contributed by atoms with Crippen molar-refractivity contribution in [2.75, 3.05) is 37.8 Å². The van der Waals surface area contributed by atoms with Crippen molar-refractivity contribution in [3.63, 3.8) is 0 Å². The number of hydrogen-bond donors (Lipinski definition) is 3. The Labute approximate surface area is 148 Å². The van der Waals surface area contributed by atoms with E-state index in [2.05, 4.69) is 15.5 Å². The molecule has 0 spiro atoms. The van der Waals surface area contributed by atoms with Gasteiger partial charge in [0.1, 0.15) is 0 Å². The number of anilines is 2. The molecule has 2 amide bonds. The second-order valence-electron chi connectivity index (χ2n) is 6.99. The predicted octanol–water partition coefficient (Wildman–Crippen LogP) is 2.30. The second kappa shape index (κ2) is 8.71. The Kier molecular flexibility index (Phi) is 6.64. The highest BCUT2D eigenvalue weighted by atomic mass is 16.5. The Hall–Kier alpha value is -2.28. The van der Waals surface area contributed by atoms with E-state index < -0.39 is 6.09 Å². The molecule has 4 N–H and O–H groups in total. The van der Waals surface area contributed by atoms with Crippen molar-refractivity contribution in [2.24, 2.45) is 5.92 Å². The van der Waals surface area contributed by atoms with Crippen LogP contribution in [0, 0.1) is 5.92 Å². The van der Waals surface area contributed by atoms with Gasteiger partial charge in [0.05, 0.1) is 18.0 Å². The molecule has 1 aliphatic heterocycles. The zero-order valence-electron chi connectivity index (χ0n) is 15.2. The fourth-order valence-corrected chi connectivity index (χ4v) is 2.75. The number of benzene rings is 1. The van der Waals surface area contributed by atoms with Crippen molar-refractivity contribution >= 4 is 23.4 Å². The molecule has 0 aromatic heterocycles. The zero-order chi connectivity index (χ0) is 18.4. The minimum absolute atomic E-state index is 0.135. The van der Waals surface area contributed by atoms with Crippen molar-refractivity contribution < 1.29 is 14.3 Å². The molecule has 2 rings (SSSR count). The maximum absolute atomic E-state index is 12.5. The van der Waals surface area contributed by atoms with Crippen LogP contribution in [0.2, 0.25) is 0 Å². The summed E-state index contributed by atoms with van der Waals surface area (Å²) < 4.78 is 5.08. The van der Waals surface area contributed by atoms with E-state index in [1.54, 1.807) is 18.2 Å². The van der Waals surface area contributed by atoms with E-state index in [1.807, 2.05) is 20.9 Å². The van der Waals surface area contributed by atoms with Crippen LogP contribution < -0.4 is 16.4 Å². The lowest BCUT2D eigenvalue weighted by Crippen LogP contribution is -2.46. The summed E-state index contributed by atoms with van der Waals surface area (Å²) in [6.45, 7) is 6.12. The summed E-state index contributed by atoms with van der Waals surface area (Å²) in [5.74, 6) is 0.0766. The Morgan fingerprint density at radius 2 is 2.16 bits per heavy atom. The fourth-order valence-electron chi connectivity index (χ4n) is 2.75. The SMILES string of the molecule is CC(C)COC(=O)Nc1cc(C(=O)NC2CCCN(C)C2)ccc1N. The lowest BCUT2D eigenvalue weighted by molar-refractivity contribution is 0.0912. The number of nitrogens with zero attached hydrogens (tertiary/aromatic N) is 1. The normalized spacial score (nSPS) is 18.0. The number of nitrogens with one attached hydrogen (secondary N) is 2. The molecule has 0 saturated carbocycles. The van der Waals surface area contributed by atoms with Gasteiger partial charge in [-0.1, -0.05) is 13.8 Å². The molecule has 1 fully saturated rings. The molecule has 1 aromatic rings. The predicted molar refractivity (Wildman–Crippen MR) is 98.6 cm³/mol. The molecule has 1 aliphatic rings. The number of rotatable bonds is 5. The largest absolute Gasteiger partial charge is 0.449 e. The van der Waals surface area contributed by atoms with E-state index in [1.165, 1.54) is 0 Å². The van der Waals surface area contributed by atoms with Gasteiger partial charge in [-0.25, -0.2) is 4.79 Å². The van der Waals surface area contributed by atoms with Gasteiger partial charge in [0, 0.05) is 18.2 Å². The molecule has 1 saturated heterocycles. The molecule has 1 unspecified atom stereocenters. The summed E-state index contributed by atoms with van der Waals surface area (Å²) in [7, 11) is 2.05. The summed E-state index contributed by atoms with van der Waals surface area (Å²) in [6, 6.07) is 4.98. The number of nitrogens with two attached hydrogens (primary N) is 1. The van der Waals surface area contributed by atoms with E-state index in [-0.39, 0.29) is 17.9 Å². The summed E-state index contributed by atoms with van der Waals surface area (Å²) in [5.41, 5.74) is 7.11. The average molecular weight is 348 g/mol. The number of carbonyl (C=O) groups excluding carboxylic acids is 2. The van der Waals surface area contributed by atoms with Gasteiger partial charge in [0.25, 0.3) is 5.91 Å². The lowest BCUT2D eigenvalue weighted by atomic mass is 10.1. The molecule has 25 heavy (non-hydrogen) atoms. The van der Waals surface area contributed by atoms with Crippen LogP contribution >= 0.6 is 0 Å². The third-order valence-corrected chi connectivity index (χ3v) is 4.06. The smallest absolute Gasteiger partial charge is 0.411 e. The Morgan fingerprint density at radius 3 is 2.84 bits per heavy atom. The van der Waals surface area contributed by atoms with E-state index in [0.29, 0.717) is 23.5 Å².